The molecule has 1 aliphatic heterocycles. The predicted octanol–water partition coefficient (Wildman–Crippen LogP) is 3.53. The molecule has 0 unspecified atom stereocenters. The minimum absolute atomic E-state index is 0.196. The highest BCUT2D eigenvalue weighted by Crippen LogP contribution is 2.38. The van der Waals surface area contributed by atoms with Crippen LogP contribution in [0.2, 0.25) is 0 Å². The van der Waals surface area contributed by atoms with Crippen LogP contribution < -0.4 is 5.01 Å². The maximum atomic E-state index is 14.3. The van der Waals surface area contributed by atoms with Crippen molar-refractivity contribution in [2.24, 2.45) is 5.41 Å². The summed E-state index contributed by atoms with van der Waals surface area (Å²) >= 11 is 0.506. The zero-order chi connectivity index (χ0) is 18.4. The molecule has 0 saturated carbocycles. The number of thioether (sulfide) groups is 1. The molecule has 0 bridgehead atoms. The first-order chi connectivity index (χ1) is 10.9. The van der Waals surface area contributed by atoms with Crippen molar-refractivity contribution in [1.82, 2.24) is 5.01 Å². The van der Waals surface area contributed by atoms with Crippen molar-refractivity contribution < 1.29 is 27.2 Å². The van der Waals surface area contributed by atoms with Crippen molar-refractivity contribution in [3.8, 4) is 0 Å². The molecule has 1 aromatic rings. The second-order valence-corrected chi connectivity index (χ2v) is 7.06. The molecule has 1 aromatic carbocycles. The first-order valence-electron chi connectivity index (χ1n) is 6.98. The topological polar surface area (TPSA) is 40.6 Å². The molecule has 0 radical (unpaired) electrons. The Labute approximate surface area is 140 Å². The van der Waals surface area contributed by atoms with Crippen LogP contribution in [0.4, 0.5) is 23.2 Å². The molecule has 0 aromatic heterocycles. The average molecular weight is 364 g/mol. The summed E-state index contributed by atoms with van der Waals surface area (Å²) in [5, 5.41) is 1.85. The van der Waals surface area contributed by atoms with Gasteiger partial charge in [-0.15, -0.1) is 11.8 Å². The number of rotatable bonds is 3. The lowest BCUT2D eigenvalue weighted by molar-refractivity contribution is -0.136. The minimum atomic E-state index is -4.37. The van der Waals surface area contributed by atoms with Gasteiger partial charge in [-0.1, -0.05) is 0 Å². The standard InChI is InChI=1S/C15H16F4N2O2S/c1-8-5-9(16)10(6-11(8)24-7-15(17,18)19)21-13(23)14(2,3)12(22)20(21)4/h5-6H,7H2,1-4H3. The van der Waals surface area contributed by atoms with E-state index < -0.39 is 35.0 Å². The quantitative estimate of drug-likeness (QED) is 0.468. The molecule has 1 fully saturated rings. The van der Waals surface area contributed by atoms with Gasteiger partial charge >= 0.3 is 6.18 Å². The van der Waals surface area contributed by atoms with Crippen molar-refractivity contribution in [2.45, 2.75) is 31.8 Å². The van der Waals surface area contributed by atoms with E-state index in [0.29, 0.717) is 17.3 Å². The van der Waals surface area contributed by atoms with Gasteiger partial charge in [0.1, 0.15) is 16.9 Å². The Kier molecular flexibility index (Phi) is 4.60. The second kappa shape index (κ2) is 5.94. The molecule has 24 heavy (non-hydrogen) atoms. The lowest BCUT2D eigenvalue weighted by Crippen LogP contribution is -2.38. The molecule has 0 spiro atoms. The third-order valence-corrected chi connectivity index (χ3v) is 4.94. The lowest BCUT2D eigenvalue weighted by atomic mass is 9.93. The van der Waals surface area contributed by atoms with E-state index >= 15 is 0 Å². The van der Waals surface area contributed by atoms with Crippen LogP contribution in [0.15, 0.2) is 17.0 Å². The number of hydrazine groups is 1. The number of benzene rings is 1. The zero-order valence-electron chi connectivity index (χ0n) is 13.5. The zero-order valence-corrected chi connectivity index (χ0v) is 14.3. The number of nitrogens with zero attached hydrogens (tertiary/aromatic N) is 2. The van der Waals surface area contributed by atoms with Crippen LogP contribution in [0.25, 0.3) is 0 Å². The number of alkyl halides is 3. The molecule has 1 aliphatic rings. The summed E-state index contributed by atoms with van der Waals surface area (Å²) in [6, 6.07) is 2.23. The van der Waals surface area contributed by atoms with Crippen molar-refractivity contribution in [1.29, 1.82) is 0 Å². The Balaban J connectivity index is 2.44. The monoisotopic (exact) mass is 364 g/mol. The predicted molar refractivity (Wildman–Crippen MR) is 82.0 cm³/mol. The fraction of sp³-hybridized carbons (Fsp3) is 0.467. The third-order valence-electron chi connectivity index (χ3n) is 3.72. The first kappa shape index (κ1) is 18.6. The van der Waals surface area contributed by atoms with E-state index in [1.807, 2.05) is 0 Å². The van der Waals surface area contributed by atoms with Crippen LogP contribution in [0.3, 0.4) is 0 Å². The highest BCUT2D eigenvalue weighted by Gasteiger charge is 2.51. The molecule has 4 nitrogen and oxygen atoms in total. The molecule has 1 saturated heterocycles. The van der Waals surface area contributed by atoms with E-state index in [0.717, 1.165) is 16.1 Å². The molecule has 0 atom stereocenters. The second-order valence-electron chi connectivity index (χ2n) is 6.04. The molecule has 2 amide bonds. The van der Waals surface area contributed by atoms with Gasteiger partial charge in [-0.2, -0.15) is 13.2 Å². The fourth-order valence-corrected chi connectivity index (χ4v) is 3.18. The van der Waals surface area contributed by atoms with Crippen LogP contribution in [0, 0.1) is 18.2 Å². The summed E-state index contributed by atoms with van der Waals surface area (Å²) in [4.78, 5) is 24.7. The highest BCUT2D eigenvalue weighted by molar-refractivity contribution is 7.99. The van der Waals surface area contributed by atoms with Crippen LogP contribution >= 0.6 is 11.8 Å². The third kappa shape index (κ3) is 3.22. The van der Waals surface area contributed by atoms with Gasteiger partial charge in [0.15, 0.2) is 0 Å². The molecule has 0 aliphatic carbocycles. The Bertz CT molecular complexity index is 703. The number of hydrogen-bond acceptors (Lipinski definition) is 3. The molecular formula is C15H16F4N2O2S. The molecule has 2 rings (SSSR count). The average Bonchev–Trinajstić information content (AvgIpc) is 2.59. The Hall–Kier alpha value is -1.77. The Morgan fingerprint density at radius 1 is 1.17 bits per heavy atom. The van der Waals surface area contributed by atoms with Crippen molar-refractivity contribution >= 4 is 29.3 Å². The van der Waals surface area contributed by atoms with E-state index in [9.17, 15) is 27.2 Å². The Morgan fingerprint density at radius 2 is 1.75 bits per heavy atom. The number of carbonyl (C=O) groups excluding carboxylic acids is 2. The fourth-order valence-electron chi connectivity index (χ4n) is 2.38. The lowest BCUT2D eigenvalue weighted by Gasteiger charge is -2.25. The smallest absolute Gasteiger partial charge is 0.272 e. The van der Waals surface area contributed by atoms with Crippen molar-refractivity contribution in [3.63, 3.8) is 0 Å². The maximum Gasteiger partial charge on any atom is 0.398 e. The SMILES string of the molecule is Cc1cc(F)c(N2C(=O)C(C)(C)C(=O)N2C)cc1SCC(F)(F)F. The molecule has 9 heteroatoms. The number of halogens is 4. The minimum Gasteiger partial charge on any atom is -0.272 e. The summed E-state index contributed by atoms with van der Waals surface area (Å²) < 4.78 is 51.6. The van der Waals surface area contributed by atoms with Gasteiger partial charge in [0.25, 0.3) is 11.8 Å². The van der Waals surface area contributed by atoms with Crippen molar-refractivity contribution in [3.05, 3.63) is 23.5 Å². The molecular weight excluding hydrogens is 348 g/mol. The molecule has 1 heterocycles. The van der Waals surface area contributed by atoms with Gasteiger partial charge in [-0.3, -0.25) is 9.59 Å². The van der Waals surface area contributed by atoms with Gasteiger partial charge in [0, 0.05) is 11.9 Å². The summed E-state index contributed by atoms with van der Waals surface area (Å²) in [5.41, 5.74) is -1.27. The van der Waals surface area contributed by atoms with Gasteiger partial charge in [-0.25, -0.2) is 14.4 Å². The number of carbonyl (C=O) groups is 2. The van der Waals surface area contributed by atoms with Crippen LogP contribution in [0.1, 0.15) is 19.4 Å². The van der Waals surface area contributed by atoms with Gasteiger partial charge in [0.2, 0.25) is 0 Å². The van der Waals surface area contributed by atoms with Crippen LogP contribution in [-0.2, 0) is 9.59 Å². The highest BCUT2D eigenvalue weighted by atomic mass is 32.2. The normalized spacial score (nSPS) is 17.8. The summed E-state index contributed by atoms with van der Waals surface area (Å²) in [6.45, 7) is 4.31. The number of aryl methyl sites for hydroxylation is 1. The summed E-state index contributed by atoms with van der Waals surface area (Å²) in [5.74, 6) is -3.07. The van der Waals surface area contributed by atoms with Crippen molar-refractivity contribution in [2.75, 3.05) is 17.8 Å². The maximum absolute atomic E-state index is 14.3. The number of amides is 2. The summed E-state index contributed by atoms with van der Waals surface area (Å²) in [6.07, 6.45) is -4.37. The largest absolute Gasteiger partial charge is 0.398 e. The number of anilines is 1. The van der Waals surface area contributed by atoms with Crippen LogP contribution in [-0.4, -0.2) is 35.8 Å². The van der Waals surface area contributed by atoms with Crippen LogP contribution in [0.5, 0.6) is 0 Å². The summed E-state index contributed by atoms with van der Waals surface area (Å²) in [7, 11) is 1.32. The van der Waals surface area contributed by atoms with E-state index in [4.69, 9.17) is 0 Å². The van der Waals surface area contributed by atoms with E-state index in [2.05, 4.69) is 0 Å². The molecule has 132 valence electrons. The van der Waals surface area contributed by atoms with Gasteiger partial charge in [0.05, 0.1) is 5.75 Å². The number of hydrogen-bond donors (Lipinski definition) is 0. The van der Waals surface area contributed by atoms with Gasteiger partial charge < -0.3 is 0 Å². The van der Waals surface area contributed by atoms with Gasteiger partial charge in [-0.05, 0) is 38.5 Å². The first-order valence-corrected chi connectivity index (χ1v) is 7.97. The van der Waals surface area contributed by atoms with E-state index in [1.165, 1.54) is 33.9 Å². The Morgan fingerprint density at radius 3 is 2.21 bits per heavy atom. The molecule has 0 N–H and O–H groups in total. The van der Waals surface area contributed by atoms with E-state index in [1.54, 1.807) is 0 Å². The van der Waals surface area contributed by atoms with E-state index in [-0.39, 0.29) is 10.6 Å².